The first-order chi connectivity index (χ1) is 14.6. The average molecular weight is 433 g/mol. The van der Waals surface area contributed by atoms with Crippen LogP contribution in [-0.2, 0) is 9.53 Å². The lowest BCUT2D eigenvalue weighted by molar-refractivity contribution is -0.120. The quantitative estimate of drug-likeness (QED) is 0.648. The van der Waals surface area contributed by atoms with Gasteiger partial charge in [0, 0.05) is 50.3 Å². The van der Waals surface area contributed by atoms with E-state index in [0.717, 1.165) is 49.4 Å². The number of carbonyl (C=O) groups is 1. The molecule has 2 aromatic rings. The number of pyridine rings is 1. The summed E-state index contributed by atoms with van der Waals surface area (Å²) in [4.78, 5) is 16.6. The Morgan fingerprint density at radius 1 is 1.27 bits per heavy atom. The van der Waals surface area contributed by atoms with Crippen LogP contribution in [0.4, 0.5) is 15.9 Å². The number of halogens is 2. The van der Waals surface area contributed by atoms with E-state index < -0.39 is 12.1 Å². The summed E-state index contributed by atoms with van der Waals surface area (Å²) in [5, 5.41) is 9.59. The van der Waals surface area contributed by atoms with E-state index in [1.807, 2.05) is 24.3 Å². The van der Waals surface area contributed by atoms with Gasteiger partial charge >= 0.3 is 0 Å². The zero-order valence-corrected chi connectivity index (χ0v) is 17.4. The second-order valence-corrected chi connectivity index (χ2v) is 8.24. The number of carbonyl (C=O) groups excluding carboxylic acids is 1. The second kappa shape index (κ2) is 9.73. The van der Waals surface area contributed by atoms with Gasteiger partial charge in [0.1, 0.15) is 12.0 Å². The maximum absolute atomic E-state index is 13.8. The van der Waals surface area contributed by atoms with Crippen molar-refractivity contribution in [1.82, 2.24) is 10.3 Å². The normalized spacial score (nSPS) is 22.1. The number of anilines is 2. The number of nitrogens with zero attached hydrogens (tertiary/aromatic N) is 1. The first kappa shape index (κ1) is 21.0. The van der Waals surface area contributed by atoms with Crippen LogP contribution >= 0.6 is 11.6 Å². The Morgan fingerprint density at radius 3 is 2.87 bits per heavy atom. The van der Waals surface area contributed by atoms with Crippen LogP contribution in [0.25, 0.3) is 11.1 Å². The number of amides is 1. The number of aromatic nitrogens is 1. The van der Waals surface area contributed by atoms with Crippen LogP contribution in [0.5, 0.6) is 0 Å². The van der Waals surface area contributed by atoms with Crippen LogP contribution in [0.2, 0.25) is 5.02 Å². The molecular formula is C22H26ClFN4O2. The van der Waals surface area contributed by atoms with Gasteiger partial charge in [-0.3, -0.25) is 4.79 Å². The Hall–Kier alpha value is -2.22. The molecule has 3 heterocycles. The zero-order chi connectivity index (χ0) is 20.9. The highest BCUT2D eigenvalue weighted by Crippen LogP contribution is 2.31. The summed E-state index contributed by atoms with van der Waals surface area (Å²) < 4.78 is 19.2. The van der Waals surface area contributed by atoms with E-state index in [1.165, 1.54) is 6.20 Å². The fraction of sp³-hybridized carbons (Fsp3) is 0.455. The van der Waals surface area contributed by atoms with Crippen molar-refractivity contribution in [3.63, 3.8) is 0 Å². The second-order valence-electron chi connectivity index (χ2n) is 7.84. The van der Waals surface area contributed by atoms with Gasteiger partial charge in [0.05, 0.1) is 10.9 Å². The molecule has 0 radical (unpaired) electrons. The van der Waals surface area contributed by atoms with Gasteiger partial charge in [0.15, 0.2) is 0 Å². The molecule has 2 fully saturated rings. The van der Waals surface area contributed by atoms with Gasteiger partial charge in [-0.2, -0.15) is 0 Å². The molecule has 2 atom stereocenters. The molecule has 0 bridgehead atoms. The van der Waals surface area contributed by atoms with Gasteiger partial charge in [-0.25, -0.2) is 9.37 Å². The Morgan fingerprint density at radius 2 is 2.10 bits per heavy atom. The van der Waals surface area contributed by atoms with Gasteiger partial charge in [-0.15, -0.1) is 0 Å². The van der Waals surface area contributed by atoms with Gasteiger partial charge in [0.2, 0.25) is 5.91 Å². The molecule has 160 valence electrons. The summed E-state index contributed by atoms with van der Waals surface area (Å²) in [6, 6.07) is 9.71. The highest BCUT2D eigenvalue weighted by atomic mass is 35.5. The standard InChI is InChI=1S/C22H26ClFN4O2/c23-19-12-27-21(28-22(29)18-11-25-13-20(18)24)9-17(19)15-2-1-3-16(8-15)26-10-14-4-6-30-7-5-14/h1-3,8-9,12,14,18,20,25-26H,4-7,10-11,13H2,(H,27,28,29)/t18-,20+/m0/s1. The van der Waals surface area contributed by atoms with Crippen molar-refractivity contribution in [3.05, 3.63) is 41.6 Å². The van der Waals surface area contributed by atoms with E-state index >= 15 is 0 Å². The minimum atomic E-state index is -1.18. The minimum absolute atomic E-state index is 0.199. The lowest BCUT2D eigenvalue weighted by atomic mass is 10.00. The van der Waals surface area contributed by atoms with Crippen molar-refractivity contribution in [2.45, 2.75) is 19.0 Å². The van der Waals surface area contributed by atoms with Crippen LogP contribution in [0.1, 0.15) is 12.8 Å². The van der Waals surface area contributed by atoms with Crippen molar-refractivity contribution >= 4 is 29.0 Å². The molecule has 0 unspecified atom stereocenters. The number of hydrogen-bond acceptors (Lipinski definition) is 5. The Labute approximate surface area is 180 Å². The van der Waals surface area contributed by atoms with E-state index in [4.69, 9.17) is 16.3 Å². The van der Waals surface area contributed by atoms with Crippen LogP contribution in [-0.4, -0.2) is 49.9 Å². The smallest absolute Gasteiger partial charge is 0.232 e. The van der Waals surface area contributed by atoms with Crippen molar-refractivity contribution < 1.29 is 13.9 Å². The highest BCUT2D eigenvalue weighted by Gasteiger charge is 2.33. The van der Waals surface area contributed by atoms with Crippen LogP contribution < -0.4 is 16.0 Å². The molecule has 2 aliphatic rings. The van der Waals surface area contributed by atoms with E-state index in [-0.39, 0.29) is 12.5 Å². The van der Waals surface area contributed by atoms with Crippen molar-refractivity contribution in [1.29, 1.82) is 0 Å². The molecule has 2 saturated heterocycles. The average Bonchev–Trinajstić information content (AvgIpc) is 3.20. The van der Waals surface area contributed by atoms with Crippen LogP contribution in [0, 0.1) is 11.8 Å². The Balaban J connectivity index is 1.46. The summed E-state index contributed by atoms with van der Waals surface area (Å²) in [7, 11) is 0. The van der Waals surface area contributed by atoms with E-state index in [2.05, 4.69) is 20.9 Å². The third kappa shape index (κ3) is 5.09. The summed E-state index contributed by atoms with van der Waals surface area (Å²) in [5.74, 6) is -0.110. The number of rotatable bonds is 6. The zero-order valence-electron chi connectivity index (χ0n) is 16.7. The first-order valence-corrected chi connectivity index (χ1v) is 10.7. The van der Waals surface area contributed by atoms with Gasteiger partial charge in [0.25, 0.3) is 0 Å². The number of benzene rings is 1. The van der Waals surface area contributed by atoms with Crippen LogP contribution in [0.15, 0.2) is 36.5 Å². The molecule has 1 amide bonds. The van der Waals surface area contributed by atoms with Crippen LogP contribution in [0.3, 0.4) is 0 Å². The number of ether oxygens (including phenoxy) is 1. The monoisotopic (exact) mass is 432 g/mol. The van der Waals surface area contributed by atoms with E-state index in [9.17, 15) is 9.18 Å². The van der Waals surface area contributed by atoms with Gasteiger partial charge in [-0.1, -0.05) is 23.7 Å². The van der Waals surface area contributed by atoms with Crippen molar-refractivity contribution in [3.8, 4) is 11.1 Å². The molecule has 4 rings (SSSR count). The van der Waals surface area contributed by atoms with Gasteiger partial charge < -0.3 is 20.7 Å². The third-order valence-corrected chi connectivity index (χ3v) is 5.99. The largest absolute Gasteiger partial charge is 0.385 e. The maximum Gasteiger partial charge on any atom is 0.232 e. The molecule has 30 heavy (non-hydrogen) atoms. The van der Waals surface area contributed by atoms with E-state index in [0.29, 0.717) is 23.3 Å². The summed E-state index contributed by atoms with van der Waals surface area (Å²) >= 11 is 6.39. The number of alkyl halides is 1. The summed E-state index contributed by atoms with van der Waals surface area (Å²) in [6.07, 6.45) is 2.47. The molecular weight excluding hydrogens is 407 g/mol. The topological polar surface area (TPSA) is 75.3 Å². The summed E-state index contributed by atoms with van der Waals surface area (Å²) in [5.41, 5.74) is 2.69. The fourth-order valence-electron chi connectivity index (χ4n) is 3.86. The van der Waals surface area contributed by atoms with Crippen molar-refractivity contribution in [2.75, 3.05) is 43.5 Å². The molecule has 2 aliphatic heterocycles. The SMILES string of the molecule is O=C(Nc1cc(-c2cccc(NCC3CCOCC3)c2)c(Cl)cn1)[C@H]1CNC[C@H]1F. The molecule has 8 heteroatoms. The number of nitrogens with one attached hydrogen (secondary N) is 3. The molecule has 3 N–H and O–H groups in total. The molecule has 0 spiro atoms. The third-order valence-electron chi connectivity index (χ3n) is 5.69. The van der Waals surface area contributed by atoms with Crippen molar-refractivity contribution in [2.24, 2.45) is 11.8 Å². The van der Waals surface area contributed by atoms with E-state index in [1.54, 1.807) is 6.07 Å². The predicted octanol–water partition coefficient (Wildman–Crippen LogP) is 3.74. The first-order valence-electron chi connectivity index (χ1n) is 10.3. The molecule has 0 aliphatic carbocycles. The minimum Gasteiger partial charge on any atom is -0.385 e. The Bertz CT molecular complexity index is 891. The molecule has 1 aromatic heterocycles. The van der Waals surface area contributed by atoms with Gasteiger partial charge in [-0.05, 0) is 42.5 Å². The molecule has 1 aromatic carbocycles. The lowest BCUT2D eigenvalue weighted by Gasteiger charge is -2.22. The Kier molecular flexibility index (Phi) is 6.82. The summed E-state index contributed by atoms with van der Waals surface area (Å²) in [6.45, 7) is 3.08. The maximum atomic E-state index is 13.8. The lowest BCUT2D eigenvalue weighted by Crippen LogP contribution is -2.30. The number of hydrogen-bond donors (Lipinski definition) is 3. The highest BCUT2D eigenvalue weighted by molar-refractivity contribution is 6.33. The molecule has 6 nitrogen and oxygen atoms in total. The fourth-order valence-corrected chi connectivity index (χ4v) is 4.07. The predicted molar refractivity (Wildman–Crippen MR) is 117 cm³/mol. The molecule has 0 saturated carbocycles.